The molecule has 5 rings (SSSR count). The fourth-order valence-corrected chi connectivity index (χ4v) is 5.95. The molecule has 2 heterocycles. The predicted molar refractivity (Wildman–Crippen MR) is 154 cm³/mol. The Balaban J connectivity index is 1.48. The number of carbonyl (C=O) groups is 1. The number of sulfonamides is 1. The molecule has 1 saturated heterocycles. The van der Waals surface area contributed by atoms with Crippen molar-refractivity contribution in [1.29, 1.82) is 0 Å². The van der Waals surface area contributed by atoms with Gasteiger partial charge in [0.15, 0.2) is 0 Å². The molecule has 0 bridgehead atoms. The second kappa shape index (κ2) is 11.4. The van der Waals surface area contributed by atoms with Crippen molar-refractivity contribution < 1.29 is 13.2 Å². The summed E-state index contributed by atoms with van der Waals surface area (Å²) in [6, 6.07) is 23.1. The van der Waals surface area contributed by atoms with Gasteiger partial charge in [0.25, 0.3) is 5.91 Å². The van der Waals surface area contributed by atoms with Gasteiger partial charge in [-0.05, 0) is 47.9 Å². The van der Waals surface area contributed by atoms with Crippen LogP contribution in [-0.4, -0.2) is 51.2 Å². The van der Waals surface area contributed by atoms with Gasteiger partial charge in [-0.3, -0.25) is 14.4 Å². The number of nitrogens with zero attached hydrogens (tertiary/aromatic N) is 1. The average molecular weight is 532 g/mol. The van der Waals surface area contributed by atoms with Gasteiger partial charge in [0, 0.05) is 55.3 Å². The lowest BCUT2D eigenvalue weighted by Crippen LogP contribution is -2.42. The van der Waals surface area contributed by atoms with E-state index < -0.39 is 10.0 Å². The van der Waals surface area contributed by atoms with Crippen molar-refractivity contribution >= 4 is 44.3 Å². The van der Waals surface area contributed by atoms with Gasteiger partial charge in [-0.25, -0.2) is 8.42 Å². The predicted octanol–water partition coefficient (Wildman–Crippen LogP) is 4.18. The fraction of sp³-hybridized carbons (Fsp3) is 0.276. The van der Waals surface area contributed by atoms with Gasteiger partial charge in [-0.15, -0.1) is 0 Å². The number of piperazine rings is 1. The zero-order chi connectivity index (χ0) is 26.5. The van der Waals surface area contributed by atoms with Crippen molar-refractivity contribution in [3.05, 3.63) is 89.5 Å². The number of fused-ring (bicyclic) bond motifs is 1. The molecule has 2 aliphatic rings. The van der Waals surface area contributed by atoms with E-state index in [-0.39, 0.29) is 11.7 Å². The summed E-state index contributed by atoms with van der Waals surface area (Å²) in [6.07, 6.45) is 0.515. The topological polar surface area (TPSA) is 103 Å². The smallest absolute Gasteiger partial charge is 0.258 e. The third-order valence-corrected chi connectivity index (χ3v) is 8.15. The fourth-order valence-electron chi connectivity index (χ4n) is 4.83. The van der Waals surface area contributed by atoms with Gasteiger partial charge in [0.1, 0.15) is 0 Å². The number of nitrogens with one attached hydrogen (secondary N) is 4. The van der Waals surface area contributed by atoms with Crippen molar-refractivity contribution in [2.24, 2.45) is 0 Å². The summed E-state index contributed by atoms with van der Waals surface area (Å²) in [4.78, 5) is 15.7. The first-order valence-electron chi connectivity index (χ1n) is 13.0. The van der Waals surface area contributed by atoms with Crippen LogP contribution < -0.4 is 20.7 Å². The molecular formula is C29H33N5O3S. The molecule has 0 saturated carbocycles. The van der Waals surface area contributed by atoms with E-state index in [1.165, 1.54) is 5.56 Å². The molecule has 1 amide bonds. The first kappa shape index (κ1) is 26.0. The Morgan fingerprint density at radius 1 is 0.947 bits per heavy atom. The minimum absolute atomic E-state index is 0.0332. The summed E-state index contributed by atoms with van der Waals surface area (Å²) in [6.45, 7) is 6.82. The molecule has 38 heavy (non-hydrogen) atoms. The highest BCUT2D eigenvalue weighted by molar-refractivity contribution is 7.92. The highest BCUT2D eigenvalue weighted by Crippen LogP contribution is 2.39. The number of amides is 1. The van der Waals surface area contributed by atoms with Crippen LogP contribution >= 0.6 is 0 Å². The van der Waals surface area contributed by atoms with Crippen LogP contribution in [0.4, 0.5) is 17.1 Å². The molecule has 0 radical (unpaired) electrons. The first-order valence-corrected chi connectivity index (χ1v) is 14.6. The van der Waals surface area contributed by atoms with Gasteiger partial charge in [0.2, 0.25) is 10.0 Å². The molecule has 3 aromatic rings. The number of hydrogen-bond donors (Lipinski definition) is 4. The Bertz CT molecular complexity index is 1430. The molecule has 2 aliphatic heterocycles. The van der Waals surface area contributed by atoms with Gasteiger partial charge in [-0.2, -0.15) is 0 Å². The Labute approximate surface area is 224 Å². The Morgan fingerprint density at radius 2 is 1.66 bits per heavy atom. The Hall–Kier alpha value is -3.66. The maximum Gasteiger partial charge on any atom is 0.258 e. The molecule has 0 aromatic heterocycles. The van der Waals surface area contributed by atoms with Crippen LogP contribution in [0.3, 0.4) is 0 Å². The minimum atomic E-state index is -3.46. The number of anilines is 3. The summed E-state index contributed by atoms with van der Waals surface area (Å²) in [7, 11) is -3.46. The molecule has 198 valence electrons. The number of benzene rings is 3. The lowest BCUT2D eigenvalue weighted by atomic mass is 9.99. The van der Waals surface area contributed by atoms with Crippen molar-refractivity contribution in [1.82, 2.24) is 10.2 Å². The van der Waals surface area contributed by atoms with Crippen LogP contribution in [0.25, 0.3) is 11.3 Å². The number of carbonyl (C=O) groups excluding carboxylic acids is 1. The van der Waals surface area contributed by atoms with E-state index in [9.17, 15) is 13.2 Å². The lowest BCUT2D eigenvalue weighted by molar-refractivity contribution is -0.110. The highest BCUT2D eigenvalue weighted by Gasteiger charge is 2.29. The van der Waals surface area contributed by atoms with E-state index in [0.717, 1.165) is 44.0 Å². The molecule has 9 heteroatoms. The van der Waals surface area contributed by atoms with Gasteiger partial charge in [-0.1, -0.05) is 49.4 Å². The van der Waals surface area contributed by atoms with E-state index in [0.29, 0.717) is 34.6 Å². The molecule has 0 atom stereocenters. The van der Waals surface area contributed by atoms with E-state index in [1.54, 1.807) is 18.2 Å². The van der Waals surface area contributed by atoms with Crippen LogP contribution in [-0.2, 0) is 21.4 Å². The number of rotatable bonds is 9. The molecule has 0 spiro atoms. The third-order valence-electron chi connectivity index (χ3n) is 6.66. The summed E-state index contributed by atoms with van der Waals surface area (Å²) >= 11 is 0. The van der Waals surface area contributed by atoms with Crippen LogP contribution in [0.2, 0.25) is 0 Å². The molecule has 0 unspecified atom stereocenters. The molecule has 4 N–H and O–H groups in total. The molecule has 0 aliphatic carbocycles. The molecule has 8 nitrogen and oxygen atoms in total. The van der Waals surface area contributed by atoms with E-state index in [1.807, 2.05) is 49.4 Å². The van der Waals surface area contributed by atoms with Crippen molar-refractivity contribution in [2.45, 2.75) is 19.9 Å². The van der Waals surface area contributed by atoms with Crippen LogP contribution in [0.15, 0.2) is 72.8 Å². The average Bonchev–Trinajstić information content (AvgIpc) is 3.24. The van der Waals surface area contributed by atoms with Crippen molar-refractivity contribution in [3.8, 4) is 0 Å². The maximum absolute atomic E-state index is 13.3. The molecular weight excluding hydrogens is 498 g/mol. The van der Waals surface area contributed by atoms with Crippen LogP contribution in [0.1, 0.15) is 30.0 Å². The van der Waals surface area contributed by atoms with Crippen LogP contribution in [0.5, 0.6) is 0 Å². The zero-order valence-corrected chi connectivity index (χ0v) is 22.3. The van der Waals surface area contributed by atoms with Crippen molar-refractivity contribution in [3.63, 3.8) is 0 Å². The highest BCUT2D eigenvalue weighted by atomic mass is 32.2. The van der Waals surface area contributed by atoms with Crippen LogP contribution in [0, 0.1) is 0 Å². The second-order valence-corrected chi connectivity index (χ2v) is 11.4. The summed E-state index contributed by atoms with van der Waals surface area (Å²) < 4.78 is 27.4. The Kier molecular flexibility index (Phi) is 7.78. The van der Waals surface area contributed by atoms with Gasteiger partial charge < -0.3 is 16.0 Å². The van der Waals surface area contributed by atoms with E-state index in [4.69, 9.17) is 0 Å². The normalized spacial score (nSPS) is 17.0. The van der Waals surface area contributed by atoms with E-state index in [2.05, 4.69) is 37.7 Å². The standard InChI is InChI=1S/C29H33N5O3S/c1-2-18-38(36,37)33-24-12-13-26-25(19-24)27(29(35)32-26)28(22-6-4-3-5-7-22)31-23-10-8-21(9-11-23)20-34-16-14-30-15-17-34/h3-13,19,30-31,33H,2,14-18,20H2,1H3,(H,32,35)/b28-27+. The Morgan fingerprint density at radius 3 is 2.37 bits per heavy atom. The summed E-state index contributed by atoms with van der Waals surface area (Å²) in [5, 5.41) is 9.79. The SMILES string of the molecule is CCCS(=O)(=O)Nc1ccc2c(c1)/C(=C(\Nc1ccc(CN3CCNCC3)cc1)c1ccccc1)C(=O)N2. The molecule has 3 aromatic carbocycles. The molecule has 1 fully saturated rings. The third kappa shape index (κ3) is 6.07. The van der Waals surface area contributed by atoms with Crippen molar-refractivity contribution in [2.75, 3.05) is 47.3 Å². The largest absolute Gasteiger partial charge is 0.354 e. The first-order chi connectivity index (χ1) is 18.4. The van der Waals surface area contributed by atoms with Gasteiger partial charge in [0.05, 0.1) is 17.0 Å². The van der Waals surface area contributed by atoms with E-state index >= 15 is 0 Å². The lowest BCUT2D eigenvalue weighted by Gasteiger charge is -2.27. The minimum Gasteiger partial charge on any atom is -0.354 e. The monoisotopic (exact) mass is 531 g/mol. The summed E-state index contributed by atoms with van der Waals surface area (Å²) in [5.41, 5.74) is 5.79. The quantitative estimate of drug-likeness (QED) is 0.309. The number of hydrogen-bond acceptors (Lipinski definition) is 6. The van der Waals surface area contributed by atoms with Gasteiger partial charge >= 0.3 is 0 Å². The summed E-state index contributed by atoms with van der Waals surface area (Å²) in [5.74, 6) is -0.207. The zero-order valence-electron chi connectivity index (χ0n) is 21.5. The second-order valence-electron chi connectivity index (χ2n) is 9.60. The maximum atomic E-state index is 13.3.